The molecule has 1 N–H and O–H groups in total. The number of ether oxygens (including phenoxy) is 1. The maximum Gasteiger partial charge on any atom is 0.340 e. The van der Waals surface area contributed by atoms with Crippen molar-refractivity contribution in [2.24, 2.45) is 0 Å². The highest BCUT2D eigenvalue weighted by Crippen LogP contribution is 2.37. The minimum absolute atomic E-state index is 0.0508. The SMILES string of the molecule is COC(=O)c1c(S(=O)(=O)NCc2ccccc2F)sc2c1CCN(C(=O)c1cnccn1)C2. The molecule has 1 aromatic carbocycles. The van der Waals surface area contributed by atoms with E-state index in [0.29, 0.717) is 10.4 Å². The molecule has 12 heteroatoms. The molecule has 33 heavy (non-hydrogen) atoms. The summed E-state index contributed by atoms with van der Waals surface area (Å²) in [6.45, 7) is 0.100. The lowest BCUT2D eigenvalue weighted by Gasteiger charge is -2.26. The van der Waals surface area contributed by atoms with E-state index in [0.717, 1.165) is 11.3 Å². The van der Waals surface area contributed by atoms with Crippen molar-refractivity contribution in [3.05, 3.63) is 75.9 Å². The minimum atomic E-state index is -4.17. The molecule has 0 aliphatic carbocycles. The summed E-state index contributed by atoms with van der Waals surface area (Å²) in [7, 11) is -3.00. The third kappa shape index (κ3) is 4.63. The van der Waals surface area contributed by atoms with Crippen LogP contribution in [0, 0.1) is 5.82 Å². The molecule has 1 aliphatic heterocycles. The van der Waals surface area contributed by atoms with Crippen LogP contribution in [-0.2, 0) is 34.3 Å². The number of hydrogen-bond donors (Lipinski definition) is 1. The van der Waals surface area contributed by atoms with E-state index in [1.54, 1.807) is 6.07 Å². The fourth-order valence-corrected chi connectivity index (χ4v) is 6.45. The van der Waals surface area contributed by atoms with Crippen LogP contribution in [0.1, 0.15) is 36.9 Å². The number of aromatic nitrogens is 2. The molecule has 172 valence electrons. The monoisotopic (exact) mass is 490 g/mol. The van der Waals surface area contributed by atoms with Gasteiger partial charge in [0.1, 0.15) is 15.7 Å². The normalized spacial score (nSPS) is 13.5. The van der Waals surface area contributed by atoms with Crippen molar-refractivity contribution in [2.45, 2.75) is 23.7 Å². The molecule has 0 atom stereocenters. The van der Waals surface area contributed by atoms with Crippen molar-refractivity contribution >= 4 is 33.2 Å². The highest BCUT2D eigenvalue weighted by atomic mass is 32.2. The molecular weight excluding hydrogens is 471 g/mol. The summed E-state index contributed by atoms with van der Waals surface area (Å²) in [6.07, 6.45) is 4.49. The lowest BCUT2D eigenvalue weighted by molar-refractivity contribution is 0.0595. The van der Waals surface area contributed by atoms with Crippen molar-refractivity contribution in [3.8, 4) is 0 Å². The maximum atomic E-state index is 13.9. The molecule has 2 aromatic heterocycles. The average Bonchev–Trinajstić information content (AvgIpc) is 3.23. The number of benzene rings is 1. The molecule has 0 spiro atoms. The summed E-state index contributed by atoms with van der Waals surface area (Å²) in [5.41, 5.74) is 0.819. The van der Waals surface area contributed by atoms with Gasteiger partial charge in [-0.3, -0.25) is 9.78 Å². The van der Waals surface area contributed by atoms with E-state index in [1.807, 2.05) is 0 Å². The minimum Gasteiger partial charge on any atom is -0.465 e. The highest BCUT2D eigenvalue weighted by molar-refractivity contribution is 7.91. The summed E-state index contributed by atoms with van der Waals surface area (Å²) in [5.74, 6) is -1.67. The van der Waals surface area contributed by atoms with Gasteiger partial charge in [-0.05, 0) is 18.1 Å². The summed E-state index contributed by atoms with van der Waals surface area (Å²) < 4.78 is 47.1. The van der Waals surface area contributed by atoms with Crippen molar-refractivity contribution in [1.82, 2.24) is 19.6 Å². The number of esters is 1. The predicted molar refractivity (Wildman–Crippen MR) is 117 cm³/mol. The Hall–Kier alpha value is -3.22. The highest BCUT2D eigenvalue weighted by Gasteiger charge is 2.35. The van der Waals surface area contributed by atoms with Gasteiger partial charge in [-0.2, -0.15) is 0 Å². The van der Waals surface area contributed by atoms with Gasteiger partial charge in [0.2, 0.25) is 0 Å². The number of rotatable bonds is 6. The van der Waals surface area contributed by atoms with E-state index in [2.05, 4.69) is 14.7 Å². The number of sulfonamides is 1. The zero-order valence-corrected chi connectivity index (χ0v) is 19.1. The smallest absolute Gasteiger partial charge is 0.340 e. The largest absolute Gasteiger partial charge is 0.465 e. The Balaban J connectivity index is 1.64. The number of amides is 1. The molecule has 0 saturated heterocycles. The van der Waals surface area contributed by atoms with Crippen LogP contribution in [0.4, 0.5) is 4.39 Å². The molecule has 0 fully saturated rings. The number of nitrogens with zero attached hydrogens (tertiary/aromatic N) is 3. The Morgan fingerprint density at radius 3 is 2.76 bits per heavy atom. The van der Waals surface area contributed by atoms with Gasteiger partial charge in [0.05, 0.1) is 25.4 Å². The van der Waals surface area contributed by atoms with Crippen molar-refractivity contribution in [2.75, 3.05) is 13.7 Å². The van der Waals surface area contributed by atoms with Gasteiger partial charge in [-0.25, -0.2) is 27.3 Å². The Bertz CT molecular complexity index is 1310. The van der Waals surface area contributed by atoms with Gasteiger partial charge in [-0.15, -0.1) is 11.3 Å². The molecule has 0 radical (unpaired) electrons. The molecule has 0 saturated carbocycles. The second-order valence-corrected chi connectivity index (χ2v) is 10.2. The predicted octanol–water partition coefficient (Wildman–Crippen LogP) is 2.14. The first-order valence-electron chi connectivity index (χ1n) is 9.83. The van der Waals surface area contributed by atoms with E-state index in [-0.39, 0.29) is 53.0 Å². The van der Waals surface area contributed by atoms with Crippen LogP contribution in [-0.4, -0.2) is 48.8 Å². The first kappa shape index (κ1) is 23.0. The third-order valence-corrected chi connectivity index (χ3v) is 8.27. The summed E-state index contributed by atoms with van der Waals surface area (Å²) in [4.78, 5) is 35.3. The first-order valence-corrected chi connectivity index (χ1v) is 12.1. The van der Waals surface area contributed by atoms with Gasteiger partial charge in [-0.1, -0.05) is 18.2 Å². The second kappa shape index (κ2) is 9.33. The third-order valence-electron chi connectivity index (χ3n) is 5.14. The molecule has 4 rings (SSSR count). The van der Waals surface area contributed by atoms with Crippen LogP contribution in [0.15, 0.2) is 47.1 Å². The van der Waals surface area contributed by atoms with Crippen LogP contribution in [0.2, 0.25) is 0 Å². The lowest BCUT2D eigenvalue weighted by atomic mass is 10.0. The zero-order valence-electron chi connectivity index (χ0n) is 17.4. The number of hydrogen-bond acceptors (Lipinski definition) is 8. The van der Waals surface area contributed by atoms with Crippen LogP contribution < -0.4 is 4.72 Å². The van der Waals surface area contributed by atoms with Crippen LogP contribution in [0.5, 0.6) is 0 Å². The number of thiophene rings is 1. The fraction of sp³-hybridized carbons (Fsp3) is 0.238. The van der Waals surface area contributed by atoms with E-state index < -0.39 is 21.8 Å². The molecule has 3 aromatic rings. The fourth-order valence-electron chi connectivity index (χ4n) is 3.50. The Morgan fingerprint density at radius 2 is 2.06 bits per heavy atom. The Kier molecular flexibility index (Phi) is 6.49. The van der Waals surface area contributed by atoms with E-state index in [9.17, 15) is 22.4 Å². The lowest BCUT2D eigenvalue weighted by Crippen LogP contribution is -2.36. The van der Waals surface area contributed by atoms with Gasteiger partial charge >= 0.3 is 5.97 Å². The second-order valence-electron chi connectivity index (χ2n) is 7.14. The van der Waals surface area contributed by atoms with E-state index >= 15 is 0 Å². The summed E-state index contributed by atoms with van der Waals surface area (Å²) in [5, 5.41) is 0. The Labute approximate surface area is 193 Å². The maximum absolute atomic E-state index is 13.9. The Morgan fingerprint density at radius 1 is 1.27 bits per heavy atom. The number of nitrogens with one attached hydrogen (secondary N) is 1. The molecule has 0 unspecified atom stereocenters. The summed E-state index contributed by atoms with van der Waals surface area (Å²) >= 11 is 0.893. The molecule has 0 bridgehead atoms. The van der Waals surface area contributed by atoms with Crippen molar-refractivity contribution in [3.63, 3.8) is 0 Å². The van der Waals surface area contributed by atoms with Crippen LogP contribution in [0.25, 0.3) is 0 Å². The van der Waals surface area contributed by atoms with E-state index in [4.69, 9.17) is 4.74 Å². The van der Waals surface area contributed by atoms with E-state index in [1.165, 1.54) is 48.8 Å². The number of fused-ring (bicyclic) bond motifs is 1. The molecule has 1 amide bonds. The van der Waals surface area contributed by atoms with Gasteiger partial charge in [0, 0.05) is 35.9 Å². The number of carbonyl (C=O) groups is 2. The molecule has 1 aliphatic rings. The molecule has 9 nitrogen and oxygen atoms in total. The van der Waals surface area contributed by atoms with Gasteiger partial charge < -0.3 is 9.64 Å². The average molecular weight is 491 g/mol. The van der Waals surface area contributed by atoms with Crippen LogP contribution in [0.3, 0.4) is 0 Å². The van der Waals surface area contributed by atoms with Gasteiger partial charge in [0.25, 0.3) is 15.9 Å². The molecule has 3 heterocycles. The number of methoxy groups -OCH3 is 1. The number of halogens is 1. The zero-order chi connectivity index (χ0) is 23.6. The number of carbonyl (C=O) groups excluding carboxylic acids is 2. The van der Waals surface area contributed by atoms with Crippen LogP contribution >= 0.6 is 11.3 Å². The topological polar surface area (TPSA) is 119 Å². The van der Waals surface area contributed by atoms with Crippen molar-refractivity contribution < 1.29 is 27.1 Å². The summed E-state index contributed by atoms with van der Waals surface area (Å²) in [6, 6.07) is 5.80. The van der Waals surface area contributed by atoms with Gasteiger partial charge in [0.15, 0.2) is 0 Å². The standard InChI is InChI=1S/C21H19FN4O5S2/c1-31-20(28)18-14-6-9-26(19(27)16-11-23-7-8-24-16)12-17(14)32-21(18)33(29,30)25-10-13-4-2-3-5-15(13)22/h2-5,7-8,11,25H,6,9-10,12H2,1H3. The quantitative estimate of drug-likeness (QED) is 0.526. The van der Waals surface area contributed by atoms with Crippen molar-refractivity contribution in [1.29, 1.82) is 0 Å². The molecular formula is C21H19FN4O5S2. The first-order chi connectivity index (χ1) is 15.8.